The molecule has 0 aliphatic heterocycles. The molecule has 3 unspecified atom stereocenters. The molecule has 0 fully saturated rings. The van der Waals surface area contributed by atoms with Gasteiger partial charge in [0.1, 0.15) is 0 Å². The summed E-state index contributed by atoms with van der Waals surface area (Å²) >= 11 is 0. The molecular formula is C37H71NO4. The largest absolute Gasteiger partial charge is 0.394 e. The van der Waals surface area contributed by atoms with Crippen LogP contribution in [0.25, 0.3) is 0 Å². The van der Waals surface area contributed by atoms with E-state index in [2.05, 4.69) is 31.3 Å². The third kappa shape index (κ3) is 28.9. The second-order valence-electron chi connectivity index (χ2n) is 12.5. The number of unbranched alkanes of at least 4 members (excludes halogenated alkanes) is 21. The molecule has 1 amide bonds. The molecule has 0 saturated carbocycles. The average molecular weight is 594 g/mol. The number of aliphatic hydroxyl groups is 3. The van der Waals surface area contributed by atoms with Crippen LogP contribution in [-0.2, 0) is 4.79 Å². The summed E-state index contributed by atoms with van der Waals surface area (Å²) in [6, 6.07) is -0.755. The van der Waals surface area contributed by atoms with Gasteiger partial charge in [0.15, 0.2) is 0 Å². The molecule has 0 aliphatic rings. The molecule has 5 nitrogen and oxygen atoms in total. The van der Waals surface area contributed by atoms with Crippen LogP contribution in [0.5, 0.6) is 0 Å². The van der Waals surface area contributed by atoms with Gasteiger partial charge in [-0.15, -0.1) is 0 Å². The molecule has 0 spiro atoms. The number of allylic oxidation sites excluding steroid dienone is 3. The monoisotopic (exact) mass is 594 g/mol. The quantitative estimate of drug-likeness (QED) is 0.0462. The van der Waals surface area contributed by atoms with Gasteiger partial charge in [0, 0.05) is 0 Å². The highest BCUT2D eigenvalue weighted by atomic mass is 16.3. The predicted molar refractivity (Wildman–Crippen MR) is 181 cm³/mol. The molecule has 42 heavy (non-hydrogen) atoms. The lowest BCUT2D eigenvalue weighted by Gasteiger charge is -2.21. The first kappa shape index (κ1) is 40.8. The zero-order chi connectivity index (χ0) is 30.9. The molecule has 0 aromatic heterocycles. The van der Waals surface area contributed by atoms with E-state index in [1.54, 1.807) is 6.08 Å². The van der Waals surface area contributed by atoms with Crippen molar-refractivity contribution in [1.29, 1.82) is 0 Å². The van der Waals surface area contributed by atoms with Crippen LogP contribution < -0.4 is 5.32 Å². The summed E-state index contributed by atoms with van der Waals surface area (Å²) in [7, 11) is 0. The van der Waals surface area contributed by atoms with Gasteiger partial charge in [0.2, 0.25) is 5.91 Å². The Labute approximate surface area is 261 Å². The van der Waals surface area contributed by atoms with Gasteiger partial charge >= 0.3 is 0 Å². The minimum atomic E-state index is -0.946. The Hall–Kier alpha value is -1.17. The van der Waals surface area contributed by atoms with Gasteiger partial charge in [-0.2, -0.15) is 0 Å². The van der Waals surface area contributed by atoms with Crippen molar-refractivity contribution >= 4 is 5.91 Å². The Kier molecular flexibility index (Phi) is 31.8. The molecule has 0 aliphatic carbocycles. The maximum absolute atomic E-state index is 12.3. The zero-order valence-corrected chi connectivity index (χ0v) is 27.9. The molecule has 0 radical (unpaired) electrons. The van der Waals surface area contributed by atoms with Crippen molar-refractivity contribution in [2.75, 3.05) is 6.61 Å². The van der Waals surface area contributed by atoms with Gasteiger partial charge < -0.3 is 20.6 Å². The number of hydrogen-bond acceptors (Lipinski definition) is 4. The van der Waals surface area contributed by atoms with E-state index in [0.717, 1.165) is 32.1 Å². The van der Waals surface area contributed by atoms with Crippen LogP contribution in [0.3, 0.4) is 0 Å². The average Bonchev–Trinajstić information content (AvgIpc) is 2.98. The number of nitrogens with one attached hydrogen (secondary N) is 1. The fourth-order valence-corrected chi connectivity index (χ4v) is 5.41. The van der Waals surface area contributed by atoms with Crippen molar-refractivity contribution in [2.45, 2.75) is 199 Å². The number of amides is 1. The SMILES string of the molecule is CCCCCCCC/C=C/CC/C=C/C(O)C(CO)NC(=O)CC(O)CCCCCCCCCCCCCCCCC. The summed E-state index contributed by atoms with van der Waals surface area (Å²) in [6.45, 7) is 4.17. The molecule has 4 N–H and O–H groups in total. The molecule has 0 heterocycles. The summed E-state index contributed by atoms with van der Waals surface area (Å²) in [5.74, 6) is -0.326. The summed E-state index contributed by atoms with van der Waals surface area (Å²) in [6.07, 6.45) is 37.3. The van der Waals surface area contributed by atoms with E-state index >= 15 is 0 Å². The third-order valence-electron chi connectivity index (χ3n) is 8.24. The lowest BCUT2D eigenvalue weighted by Crippen LogP contribution is -2.45. The Morgan fingerprint density at radius 3 is 1.52 bits per heavy atom. The van der Waals surface area contributed by atoms with Crippen LogP contribution in [0.1, 0.15) is 181 Å². The third-order valence-corrected chi connectivity index (χ3v) is 8.24. The van der Waals surface area contributed by atoms with Crippen LogP contribution in [-0.4, -0.2) is 46.1 Å². The Balaban J connectivity index is 3.76. The standard InChI is InChI=1S/C37H71NO4/c1-3-5-7-9-11-13-15-17-18-19-20-22-24-26-28-30-34(40)32-37(42)38-35(33-39)36(41)31-29-27-25-23-21-16-14-12-10-8-6-4-2/h21,23,29,31,34-36,39-41H,3-20,22,24-28,30,32-33H2,1-2H3,(H,38,42)/b23-21+,31-29+. The van der Waals surface area contributed by atoms with Crippen LogP contribution in [0, 0.1) is 0 Å². The minimum absolute atomic E-state index is 0.00887. The van der Waals surface area contributed by atoms with Crippen molar-refractivity contribution in [2.24, 2.45) is 0 Å². The fourth-order valence-electron chi connectivity index (χ4n) is 5.41. The van der Waals surface area contributed by atoms with E-state index in [1.165, 1.54) is 122 Å². The molecular weight excluding hydrogens is 522 g/mol. The van der Waals surface area contributed by atoms with Gasteiger partial charge in [-0.05, 0) is 32.1 Å². The Bertz CT molecular complexity index is 621. The predicted octanol–water partition coefficient (Wildman–Crippen LogP) is 9.48. The number of rotatable bonds is 32. The second kappa shape index (κ2) is 32.7. The number of hydrogen-bond donors (Lipinski definition) is 4. The van der Waals surface area contributed by atoms with Gasteiger partial charge in [0.05, 0.1) is 31.3 Å². The van der Waals surface area contributed by atoms with E-state index in [9.17, 15) is 20.1 Å². The summed E-state index contributed by atoms with van der Waals surface area (Å²) in [5.41, 5.74) is 0. The highest BCUT2D eigenvalue weighted by Gasteiger charge is 2.20. The molecule has 0 bridgehead atoms. The first-order valence-corrected chi connectivity index (χ1v) is 18.1. The minimum Gasteiger partial charge on any atom is -0.394 e. The van der Waals surface area contributed by atoms with Gasteiger partial charge in [0.25, 0.3) is 0 Å². The molecule has 248 valence electrons. The van der Waals surface area contributed by atoms with Crippen molar-refractivity contribution < 1.29 is 20.1 Å². The second-order valence-corrected chi connectivity index (χ2v) is 12.5. The lowest BCUT2D eigenvalue weighted by atomic mass is 10.0. The normalized spacial score (nSPS) is 14.1. The van der Waals surface area contributed by atoms with E-state index in [-0.39, 0.29) is 18.9 Å². The number of carbonyl (C=O) groups excluding carboxylic acids is 1. The highest BCUT2D eigenvalue weighted by Crippen LogP contribution is 2.15. The van der Waals surface area contributed by atoms with Crippen LogP contribution in [0.4, 0.5) is 0 Å². The van der Waals surface area contributed by atoms with E-state index in [4.69, 9.17) is 0 Å². The first-order chi connectivity index (χ1) is 20.5. The highest BCUT2D eigenvalue weighted by molar-refractivity contribution is 5.76. The van der Waals surface area contributed by atoms with Gasteiger partial charge in [-0.3, -0.25) is 4.79 Å². The lowest BCUT2D eigenvalue weighted by molar-refractivity contribution is -0.124. The number of carbonyl (C=O) groups is 1. The molecule has 0 saturated heterocycles. The maximum atomic E-state index is 12.3. The zero-order valence-electron chi connectivity index (χ0n) is 27.9. The van der Waals surface area contributed by atoms with Crippen LogP contribution >= 0.6 is 0 Å². The molecule has 3 atom stereocenters. The van der Waals surface area contributed by atoms with Gasteiger partial charge in [-0.25, -0.2) is 0 Å². The van der Waals surface area contributed by atoms with E-state index in [1.807, 2.05) is 6.08 Å². The van der Waals surface area contributed by atoms with Crippen LogP contribution in [0.2, 0.25) is 0 Å². The van der Waals surface area contributed by atoms with E-state index < -0.39 is 18.2 Å². The summed E-state index contributed by atoms with van der Waals surface area (Å²) in [4.78, 5) is 12.3. The smallest absolute Gasteiger partial charge is 0.222 e. The summed E-state index contributed by atoms with van der Waals surface area (Å²) in [5, 5.41) is 33.0. The number of aliphatic hydroxyl groups excluding tert-OH is 3. The van der Waals surface area contributed by atoms with Crippen molar-refractivity contribution in [1.82, 2.24) is 5.32 Å². The van der Waals surface area contributed by atoms with E-state index in [0.29, 0.717) is 6.42 Å². The Morgan fingerprint density at radius 2 is 1.02 bits per heavy atom. The topological polar surface area (TPSA) is 89.8 Å². The molecule has 0 aromatic carbocycles. The van der Waals surface area contributed by atoms with Crippen molar-refractivity contribution in [3.8, 4) is 0 Å². The van der Waals surface area contributed by atoms with Gasteiger partial charge in [-0.1, -0.05) is 167 Å². The van der Waals surface area contributed by atoms with Crippen molar-refractivity contribution in [3.05, 3.63) is 24.3 Å². The first-order valence-electron chi connectivity index (χ1n) is 18.1. The van der Waals surface area contributed by atoms with Crippen molar-refractivity contribution in [3.63, 3.8) is 0 Å². The van der Waals surface area contributed by atoms with Crippen LogP contribution in [0.15, 0.2) is 24.3 Å². The Morgan fingerprint density at radius 1 is 0.595 bits per heavy atom. The molecule has 5 heteroatoms. The molecule has 0 aromatic rings. The summed E-state index contributed by atoms with van der Waals surface area (Å²) < 4.78 is 0. The fraction of sp³-hybridized carbons (Fsp3) is 0.865. The maximum Gasteiger partial charge on any atom is 0.222 e. The molecule has 0 rings (SSSR count).